The van der Waals surface area contributed by atoms with Crippen LogP contribution in [0, 0.1) is 13.8 Å². The molecule has 0 fully saturated rings. The van der Waals surface area contributed by atoms with Crippen molar-refractivity contribution in [3.05, 3.63) is 51.2 Å². The highest BCUT2D eigenvalue weighted by atomic mass is 32.1. The first-order chi connectivity index (χ1) is 11.4. The first kappa shape index (κ1) is 17.9. The van der Waals surface area contributed by atoms with E-state index in [1.807, 2.05) is 32.0 Å². The lowest BCUT2D eigenvalue weighted by atomic mass is 10.1. The van der Waals surface area contributed by atoms with Gasteiger partial charge in [0, 0.05) is 17.1 Å². The van der Waals surface area contributed by atoms with Gasteiger partial charge < -0.3 is 10.6 Å². The van der Waals surface area contributed by atoms with Gasteiger partial charge in [0.05, 0.1) is 4.88 Å². The summed E-state index contributed by atoms with van der Waals surface area (Å²) in [7, 11) is 0. The van der Waals surface area contributed by atoms with Crippen LogP contribution in [0.15, 0.2) is 30.3 Å². The molecule has 126 valence electrons. The first-order valence-electron chi connectivity index (χ1n) is 7.63. The Hall–Kier alpha value is -2.47. The third-order valence-electron chi connectivity index (χ3n) is 3.64. The van der Waals surface area contributed by atoms with E-state index in [1.165, 1.54) is 18.3 Å². The minimum Gasteiger partial charge on any atom is -0.347 e. The number of nitrogens with one attached hydrogen (secondary N) is 2. The van der Waals surface area contributed by atoms with Gasteiger partial charge in [-0.1, -0.05) is 6.07 Å². The quantitative estimate of drug-likeness (QED) is 0.647. The molecule has 24 heavy (non-hydrogen) atoms. The van der Waals surface area contributed by atoms with E-state index in [-0.39, 0.29) is 5.78 Å². The lowest BCUT2D eigenvalue weighted by Gasteiger charge is -2.08. The number of benzene rings is 1. The number of anilines is 1. The summed E-state index contributed by atoms with van der Waals surface area (Å²) in [5.41, 5.74) is 2.77. The summed E-state index contributed by atoms with van der Waals surface area (Å²) >= 11 is 1.41. The van der Waals surface area contributed by atoms with Gasteiger partial charge in [0.1, 0.15) is 0 Å². The van der Waals surface area contributed by atoms with Crippen molar-refractivity contribution in [1.82, 2.24) is 5.32 Å². The molecule has 0 aliphatic heterocycles. The van der Waals surface area contributed by atoms with Gasteiger partial charge in [-0.05, 0) is 62.6 Å². The van der Waals surface area contributed by atoms with Crippen LogP contribution in [0.25, 0.3) is 0 Å². The molecule has 2 rings (SSSR count). The van der Waals surface area contributed by atoms with Gasteiger partial charge in [-0.2, -0.15) is 0 Å². The second-order valence-corrected chi connectivity index (χ2v) is 6.75. The maximum Gasteiger partial charge on any atom is 0.313 e. The number of hydrogen-bond donors (Lipinski definition) is 2. The Labute approximate surface area is 145 Å². The van der Waals surface area contributed by atoms with Crippen LogP contribution in [-0.2, 0) is 16.0 Å². The van der Waals surface area contributed by atoms with Crippen molar-refractivity contribution in [1.29, 1.82) is 0 Å². The predicted molar refractivity (Wildman–Crippen MR) is 95.6 cm³/mol. The van der Waals surface area contributed by atoms with E-state index in [0.717, 1.165) is 16.0 Å². The van der Waals surface area contributed by atoms with Gasteiger partial charge in [0.25, 0.3) is 0 Å². The fourth-order valence-corrected chi connectivity index (χ4v) is 2.99. The number of hydrogen-bond acceptors (Lipinski definition) is 4. The van der Waals surface area contributed by atoms with Crippen LogP contribution in [0.4, 0.5) is 5.69 Å². The third kappa shape index (κ3) is 4.76. The molecule has 0 spiro atoms. The highest BCUT2D eigenvalue weighted by molar-refractivity contribution is 7.14. The second kappa shape index (κ2) is 7.88. The second-order valence-electron chi connectivity index (χ2n) is 5.58. The molecule has 1 aromatic heterocycles. The Morgan fingerprint density at radius 3 is 2.38 bits per heavy atom. The van der Waals surface area contributed by atoms with Crippen molar-refractivity contribution < 1.29 is 14.4 Å². The van der Waals surface area contributed by atoms with E-state index in [0.29, 0.717) is 23.5 Å². The first-order valence-corrected chi connectivity index (χ1v) is 8.44. The normalized spacial score (nSPS) is 10.3. The Morgan fingerprint density at radius 2 is 1.75 bits per heavy atom. The number of carbonyl (C=O) groups excluding carboxylic acids is 3. The molecule has 0 aliphatic rings. The molecule has 2 aromatic rings. The Bertz CT molecular complexity index is 780. The molecule has 2 amide bonds. The molecule has 1 heterocycles. The zero-order valence-corrected chi connectivity index (χ0v) is 14.8. The summed E-state index contributed by atoms with van der Waals surface area (Å²) in [5.74, 6) is -1.33. The van der Waals surface area contributed by atoms with E-state index in [9.17, 15) is 14.4 Å². The molecule has 6 heteroatoms. The number of amides is 2. The molecule has 0 bridgehead atoms. The number of rotatable bonds is 5. The van der Waals surface area contributed by atoms with Gasteiger partial charge in [-0.25, -0.2) is 0 Å². The smallest absolute Gasteiger partial charge is 0.313 e. The number of carbonyl (C=O) groups is 3. The summed E-state index contributed by atoms with van der Waals surface area (Å²) in [5, 5.41) is 5.17. The zero-order valence-electron chi connectivity index (χ0n) is 13.9. The monoisotopic (exact) mass is 344 g/mol. The number of ketones is 1. The van der Waals surface area contributed by atoms with Crippen molar-refractivity contribution in [2.24, 2.45) is 0 Å². The third-order valence-corrected chi connectivity index (χ3v) is 4.88. The number of Topliss-reactive ketones (excluding diaryl/α,β-unsaturated/α-hetero) is 1. The van der Waals surface area contributed by atoms with Gasteiger partial charge in [-0.15, -0.1) is 11.3 Å². The molecule has 0 saturated carbocycles. The van der Waals surface area contributed by atoms with Gasteiger partial charge >= 0.3 is 11.8 Å². The summed E-state index contributed by atoms with van der Waals surface area (Å²) < 4.78 is 0. The van der Waals surface area contributed by atoms with Crippen LogP contribution in [0.3, 0.4) is 0 Å². The summed E-state index contributed by atoms with van der Waals surface area (Å²) in [6, 6.07) is 9.13. The van der Waals surface area contributed by atoms with Crippen LogP contribution in [0.5, 0.6) is 0 Å². The van der Waals surface area contributed by atoms with Crippen molar-refractivity contribution in [3.8, 4) is 0 Å². The van der Waals surface area contributed by atoms with Gasteiger partial charge in [0.15, 0.2) is 5.78 Å². The van der Waals surface area contributed by atoms with E-state index >= 15 is 0 Å². The minimum absolute atomic E-state index is 0.0306. The van der Waals surface area contributed by atoms with Gasteiger partial charge in [0.2, 0.25) is 0 Å². The van der Waals surface area contributed by atoms with Crippen molar-refractivity contribution in [3.63, 3.8) is 0 Å². The summed E-state index contributed by atoms with van der Waals surface area (Å²) in [4.78, 5) is 36.6. The Morgan fingerprint density at radius 1 is 1.00 bits per heavy atom. The fourth-order valence-electron chi connectivity index (χ4n) is 2.09. The molecule has 5 nitrogen and oxygen atoms in total. The summed E-state index contributed by atoms with van der Waals surface area (Å²) in [6.45, 7) is 5.79. The van der Waals surface area contributed by atoms with Crippen LogP contribution in [-0.4, -0.2) is 24.1 Å². The predicted octanol–water partition coefficient (Wildman–Crippen LogP) is 2.86. The lowest BCUT2D eigenvalue weighted by Crippen LogP contribution is -2.36. The average molecular weight is 344 g/mol. The molecule has 2 N–H and O–H groups in total. The van der Waals surface area contributed by atoms with Crippen LogP contribution in [0.1, 0.15) is 32.6 Å². The molecule has 0 unspecified atom stereocenters. The van der Waals surface area contributed by atoms with E-state index < -0.39 is 11.8 Å². The zero-order chi connectivity index (χ0) is 17.7. The lowest BCUT2D eigenvalue weighted by molar-refractivity contribution is -0.136. The molecule has 0 saturated heterocycles. The highest BCUT2D eigenvalue weighted by Crippen LogP contribution is 2.17. The standard InChI is InChI=1S/C18H20N2O3S/c1-11-4-5-14(10-12(11)2)20-18(23)17(22)19-9-8-15-6-7-16(24-15)13(3)21/h4-7,10H,8-9H2,1-3H3,(H,19,22)(H,20,23). The minimum atomic E-state index is -0.686. The van der Waals surface area contributed by atoms with Crippen molar-refractivity contribution in [2.75, 3.05) is 11.9 Å². The SMILES string of the molecule is CC(=O)c1ccc(CCNC(=O)C(=O)Nc2ccc(C)c(C)c2)s1. The van der Waals surface area contributed by atoms with Crippen LogP contribution < -0.4 is 10.6 Å². The van der Waals surface area contributed by atoms with E-state index in [1.54, 1.807) is 12.1 Å². The number of aryl methyl sites for hydroxylation is 2. The Kier molecular flexibility index (Phi) is 5.87. The molecule has 0 aliphatic carbocycles. The Balaban J connectivity index is 1.81. The molecular weight excluding hydrogens is 324 g/mol. The highest BCUT2D eigenvalue weighted by Gasteiger charge is 2.13. The molecular formula is C18H20N2O3S. The van der Waals surface area contributed by atoms with Crippen LogP contribution >= 0.6 is 11.3 Å². The van der Waals surface area contributed by atoms with Crippen molar-refractivity contribution >= 4 is 34.6 Å². The number of thiophene rings is 1. The molecule has 1 aromatic carbocycles. The topological polar surface area (TPSA) is 75.3 Å². The molecule has 0 atom stereocenters. The maximum atomic E-state index is 11.9. The average Bonchev–Trinajstić information content (AvgIpc) is 3.00. The maximum absolute atomic E-state index is 11.9. The fraction of sp³-hybridized carbons (Fsp3) is 0.278. The molecule has 0 radical (unpaired) electrons. The van der Waals surface area contributed by atoms with Gasteiger partial charge in [-0.3, -0.25) is 14.4 Å². The summed E-state index contributed by atoms with van der Waals surface area (Å²) in [6.07, 6.45) is 0.584. The van der Waals surface area contributed by atoms with E-state index in [4.69, 9.17) is 0 Å². The van der Waals surface area contributed by atoms with E-state index in [2.05, 4.69) is 10.6 Å². The van der Waals surface area contributed by atoms with Crippen LogP contribution in [0.2, 0.25) is 0 Å². The van der Waals surface area contributed by atoms with Crippen molar-refractivity contribution in [2.45, 2.75) is 27.2 Å². The largest absolute Gasteiger partial charge is 0.347 e.